The molecule has 21 heavy (non-hydrogen) atoms. The maximum atomic E-state index is 9.79. The fraction of sp³-hybridized carbons (Fsp3) is 0.0625. The monoisotopic (exact) mass is 279 g/mol. The highest BCUT2D eigenvalue weighted by Gasteiger charge is 2.09. The summed E-state index contributed by atoms with van der Waals surface area (Å²) in [6, 6.07) is 16.6. The summed E-state index contributed by atoms with van der Waals surface area (Å²) in [4.78, 5) is 4.25. The van der Waals surface area contributed by atoms with Crippen molar-refractivity contribution in [1.29, 1.82) is 0 Å². The highest BCUT2D eigenvalue weighted by atomic mass is 16.4. The third kappa shape index (κ3) is 2.81. The van der Waals surface area contributed by atoms with Gasteiger partial charge in [-0.1, -0.05) is 35.4 Å². The zero-order valence-electron chi connectivity index (χ0n) is 11.4. The molecule has 0 aliphatic rings. The molecular weight excluding hydrogens is 266 g/mol. The zero-order valence-corrected chi connectivity index (χ0v) is 11.4. The van der Waals surface area contributed by atoms with Crippen molar-refractivity contribution in [3.05, 3.63) is 60.2 Å². The lowest BCUT2D eigenvalue weighted by Crippen LogP contribution is -1.94. The van der Waals surface area contributed by atoms with Crippen molar-refractivity contribution in [3.63, 3.8) is 0 Å². The van der Waals surface area contributed by atoms with Gasteiger partial charge in [-0.25, -0.2) is 0 Å². The van der Waals surface area contributed by atoms with Crippen molar-refractivity contribution in [1.82, 2.24) is 10.2 Å². The van der Waals surface area contributed by atoms with Crippen molar-refractivity contribution in [2.24, 2.45) is 4.99 Å². The van der Waals surface area contributed by atoms with Gasteiger partial charge in [0.25, 0.3) is 0 Å². The third-order valence-electron chi connectivity index (χ3n) is 2.99. The van der Waals surface area contributed by atoms with Crippen molar-refractivity contribution in [3.8, 4) is 17.2 Å². The molecule has 0 fully saturated rings. The minimum absolute atomic E-state index is 0.162. The molecular formula is C16H13N3O2. The quantitative estimate of drug-likeness (QED) is 0.744. The van der Waals surface area contributed by atoms with Crippen LogP contribution in [0.4, 0.5) is 6.01 Å². The summed E-state index contributed by atoms with van der Waals surface area (Å²) < 4.78 is 5.51. The molecule has 0 aliphatic carbocycles. The Morgan fingerprint density at radius 3 is 2.48 bits per heavy atom. The number of benzene rings is 2. The Kier molecular flexibility index (Phi) is 3.47. The van der Waals surface area contributed by atoms with E-state index in [0.29, 0.717) is 17.2 Å². The lowest BCUT2D eigenvalue weighted by Gasteiger charge is -2.01. The van der Waals surface area contributed by atoms with Crippen LogP contribution in [0.15, 0.2) is 64.0 Å². The molecule has 0 spiro atoms. The minimum atomic E-state index is 0.162. The first-order chi connectivity index (χ1) is 10.2. The Morgan fingerprint density at radius 2 is 1.71 bits per heavy atom. The number of aromatic nitrogens is 2. The molecule has 104 valence electrons. The summed E-state index contributed by atoms with van der Waals surface area (Å²) in [5.74, 6) is 0.584. The average Bonchev–Trinajstić information content (AvgIpc) is 2.97. The lowest BCUT2D eigenvalue weighted by molar-refractivity contribution is 0.474. The van der Waals surface area contributed by atoms with E-state index in [1.807, 2.05) is 36.4 Å². The van der Waals surface area contributed by atoms with E-state index in [2.05, 4.69) is 15.2 Å². The zero-order chi connectivity index (χ0) is 14.7. The number of para-hydroxylation sites is 1. The summed E-state index contributed by atoms with van der Waals surface area (Å²) in [5.41, 5.74) is 2.08. The van der Waals surface area contributed by atoms with Gasteiger partial charge in [-0.05, 0) is 31.2 Å². The molecule has 0 unspecified atom stereocenters. The van der Waals surface area contributed by atoms with Crippen LogP contribution in [0.1, 0.15) is 12.5 Å². The summed E-state index contributed by atoms with van der Waals surface area (Å²) in [6.07, 6.45) is 0. The number of phenols is 1. The lowest BCUT2D eigenvalue weighted by atomic mass is 10.1. The van der Waals surface area contributed by atoms with E-state index in [1.165, 1.54) is 0 Å². The molecule has 0 radical (unpaired) electrons. The van der Waals surface area contributed by atoms with Gasteiger partial charge in [0.05, 0.1) is 5.71 Å². The molecule has 1 heterocycles. The molecule has 1 N–H and O–H groups in total. The fourth-order valence-electron chi connectivity index (χ4n) is 1.94. The van der Waals surface area contributed by atoms with E-state index in [1.54, 1.807) is 25.1 Å². The van der Waals surface area contributed by atoms with Crippen LogP contribution in [0.5, 0.6) is 5.75 Å². The summed E-state index contributed by atoms with van der Waals surface area (Å²) in [5, 5.41) is 17.7. The first-order valence-corrected chi connectivity index (χ1v) is 6.46. The van der Waals surface area contributed by atoms with Crippen molar-refractivity contribution < 1.29 is 9.52 Å². The van der Waals surface area contributed by atoms with Crippen LogP contribution in [-0.4, -0.2) is 21.0 Å². The Bertz CT molecular complexity index is 779. The first-order valence-electron chi connectivity index (χ1n) is 6.46. The van der Waals surface area contributed by atoms with Crippen LogP contribution in [-0.2, 0) is 0 Å². The van der Waals surface area contributed by atoms with Gasteiger partial charge >= 0.3 is 6.01 Å². The summed E-state index contributed by atoms with van der Waals surface area (Å²) in [7, 11) is 0. The fourth-order valence-corrected chi connectivity index (χ4v) is 1.94. The predicted molar refractivity (Wildman–Crippen MR) is 79.7 cm³/mol. The van der Waals surface area contributed by atoms with Gasteiger partial charge in [0.15, 0.2) is 0 Å². The average molecular weight is 279 g/mol. The highest BCUT2D eigenvalue weighted by Crippen LogP contribution is 2.23. The Balaban J connectivity index is 1.91. The maximum Gasteiger partial charge on any atom is 0.342 e. The topological polar surface area (TPSA) is 71.5 Å². The van der Waals surface area contributed by atoms with E-state index in [4.69, 9.17) is 4.42 Å². The second-order valence-corrected chi connectivity index (χ2v) is 4.47. The second-order valence-electron chi connectivity index (χ2n) is 4.47. The molecule has 1 aromatic heterocycles. The molecule has 0 saturated heterocycles. The number of aliphatic imine (C=N–C) groups is 1. The van der Waals surface area contributed by atoms with E-state index in [9.17, 15) is 5.11 Å². The highest BCUT2D eigenvalue weighted by molar-refractivity contribution is 6.01. The van der Waals surface area contributed by atoms with E-state index in [-0.39, 0.29) is 11.8 Å². The molecule has 5 heteroatoms. The number of rotatable bonds is 3. The number of nitrogens with zero attached hydrogens (tertiary/aromatic N) is 3. The standard InChI is InChI=1S/C16H13N3O2/c1-11(13-9-5-6-10-14(13)20)17-16-19-18-15(21-16)12-7-3-2-4-8-12/h2-10,20H,1H3. The molecule has 2 aromatic carbocycles. The predicted octanol–water partition coefficient (Wildman–Crippen LogP) is 3.58. The van der Waals surface area contributed by atoms with Crippen LogP contribution < -0.4 is 0 Å². The maximum absolute atomic E-state index is 9.79. The Hall–Kier alpha value is -2.95. The van der Waals surface area contributed by atoms with Gasteiger partial charge in [0, 0.05) is 11.1 Å². The third-order valence-corrected chi connectivity index (χ3v) is 2.99. The molecule has 0 bridgehead atoms. The number of phenolic OH excluding ortho intramolecular Hbond substituents is 1. The number of hydrogen-bond acceptors (Lipinski definition) is 5. The normalized spacial score (nSPS) is 11.6. The largest absolute Gasteiger partial charge is 0.507 e. The molecule has 0 saturated carbocycles. The molecule has 5 nitrogen and oxygen atoms in total. The summed E-state index contributed by atoms with van der Waals surface area (Å²) >= 11 is 0. The molecule has 3 rings (SSSR count). The van der Waals surface area contributed by atoms with Crippen molar-refractivity contribution in [2.45, 2.75) is 6.92 Å². The van der Waals surface area contributed by atoms with Crippen LogP contribution in [0.3, 0.4) is 0 Å². The van der Waals surface area contributed by atoms with Crippen LogP contribution >= 0.6 is 0 Å². The van der Waals surface area contributed by atoms with E-state index in [0.717, 1.165) is 5.56 Å². The van der Waals surface area contributed by atoms with Gasteiger partial charge in [-0.3, -0.25) is 0 Å². The van der Waals surface area contributed by atoms with E-state index >= 15 is 0 Å². The van der Waals surface area contributed by atoms with Crippen molar-refractivity contribution in [2.75, 3.05) is 0 Å². The number of aromatic hydroxyl groups is 1. The molecule has 3 aromatic rings. The molecule has 0 amide bonds. The van der Waals surface area contributed by atoms with Crippen molar-refractivity contribution >= 4 is 11.7 Å². The Labute approximate surface area is 121 Å². The smallest absolute Gasteiger partial charge is 0.342 e. The molecule has 0 aliphatic heterocycles. The van der Waals surface area contributed by atoms with E-state index < -0.39 is 0 Å². The SMILES string of the molecule is CC(=Nc1nnc(-c2ccccc2)o1)c1ccccc1O. The van der Waals surface area contributed by atoms with Gasteiger partial charge in [0.1, 0.15) is 5.75 Å². The van der Waals surface area contributed by atoms with Crippen LogP contribution in [0.2, 0.25) is 0 Å². The first kappa shape index (κ1) is 13.1. The van der Waals surface area contributed by atoms with Crippen LogP contribution in [0, 0.1) is 0 Å². The van der Waals surface area contributed by atoms with Crippen LogP contribution in [0.25, 0.3) is 11.5 Å². The summed E-state index contributed by atoms with van der Waals surface area (Å²) in [6.45, 7) is 1.78. The Morgan fingerprint density at radius 1 is 1.00 bits per heavy atom. The minimum Gasteiger partial charge on any atom is -0.507 e. The van der Waals surface area contributed by atoms with Gasteiger partial charge in [0.2, 0.25) is 5.89 Å². The second kappa shape index (κ2) is 5.58. The molecule has 0 atom stereocenters. The van der Waals surface area contributed by atoms with Gasteiger partial charge < -0.3 is 9.52 Å². The number of hydrogen-bond donors (Lipinski definition) is 1. The van der Waals surface area contributed by atoms with Gasteiger partial charge in [-0.15, -0.1) is 5.10 Å². The van der Waals surface area contributed by atoms with Gasteiger partial charge in [-0.2, -0.15) is 4.99 Å².